The maximum absolute atomic E-state index is 12.3. The molecule has 5 rings (SSSR count). The molecule has 35 heavy (non-hydrogen) atoms. The predicted molar refractivity (Wildman–Crippen MR) is 135 cm³/mol. The highest BCUT2D eigenvalue weighted by molar-refractivity contribution is 7.15. The average Bonchev–Trinajstić information content (AvgIpc) is 3.36. The molecule has 0 saturated heterocycles. The van der Waals surface area contributed by atoms with E-state index in [1.807, 2.05) is 54.0 Å². The highest BCUT2D eigenvalue weighted by atomic mass is 32.1. The number of fused-ring (bicyclic) bond motifs is 3. The van der Waals surface area contributed by atoms with Gasteiger partial charge in [0.25, 0.3) is 0 Å². The van der Waals surface area contributed by atoms with Crippen molar-refractivity contribution in [2.45, 2.75) is 33.2 Å². The number of aromatic nitrogens is 3. The Labute approximate surface area is 207 Å². The lowest BCUT2D eigenvalue weighted by Gasteiger charge is -2.12. The standard InChI is InChI=1S/C27H23N5O2S/c1-15-16(2)35-27-24(15)25(29-22(13-23(33)34-4)26-31-30-17(3)32(26)27)20-10-8-19(9-11-20)21-7-5-6-18(12-21)14-28/h5-12,22H,13H2,1-4H3/t22-/m0/s1. The summed E-state index contributed by atoms with van der Waals surface area (Å²) in [4.78, 5) is 18.6. The van der Waals surface area contributed by atoms with Crippen LogP contribution in [0.3, 0.4) is 0 Å². The largest absolute Gasteiger partial charge is 0.469 e. The van der Waals surface area contributed by atoms with Crippen molar-refractivity contribution >= 4 is 23.0 Å². The lowest BCUT2D eigenvalue weighted by atomic mass is 9.96. The van der Waals surface area contributed by atoms with E-state index in [0.29, 0.717) is 11.4 Å². The summed E-state index contributed by atoms with van der Waals surface area (Å²) in [5.74, 6) is 1.04. The number of hydrogen-bond acceptors (Lipinski definition) is 7. The summed E-state index contributed by atoms with van der Waals surface area (Å²) in [6.07, 6.45) is 0.0736. The molecular weight excluding hydrogens is 458 g/mol. The summed E-state index contributed by atoms with van der Waals surface area (Å²) in [6, 6.07) is 17.4. The maximum Gasteiger partial charge on any atom is 0.308 e. The number of aryl methyl sites for hydroxylation is 2. The molecular formula is C27H23N5O2S. The molecule has 7 nitrogen and oxygen atoms in total. The third-order valence-electron chi connectivity index (χ3n) is 6.31. The van der Waals surface area contributed by atoms with Gasteiger partial charge in [-0.3, -0.25) is 14.4 Å². The molecule has 2 aromatic carbocycles. The van der Waals surface area contributed by atoms with Crippen molar-refractivity contribution in [3.05, 3.63) is 87.3 Å². The zero-order valence-electron chi connectivity index (χ0n) is 19.9. The van der Waals surface area contributed by atoms with Crippen LogP contribution in [0.25, 0.3) is 16.1 Å². The average molecular weight is 482 g/mol. The molecule has 0 fully saturated rings. The van der Waals surface area contributed by atoms with Crippen LogP contribution in [-0.2, 0) is 9.53 Å². The Hall–Kier alpha value is -4.09. The number of nitrogens with zero attached hydrogens (tertiary/aromatic N) is 5. The number of hydrogen-bond donors (Lipinski definition) is 0. The van der Waals surface area contributed by atoms with E-state index in [9.17, 15) is 10.1 Å². The van der Waals surface area contributed by atoms with E-state index in [2.05, 4.69) is 30.1 Å². The zero-order chi connectivity index (χ0) is 24.7. The lowest BCUT2D eigenvalue weighted by molar-refractivity contribution is -0.141. The minimum Gasteiger partial charge on any atom is -0.469 e. The van der Waals surface area contributed by atoms with E-state index in [1.165, 1.54) is 12.0 Å². The van der Waals surface area contributed by atoms with Gasteiger partial charge in [-0.15, -0.1) is 21.5 Å². The summed E-state index contributed by atoms with van der Waals surface area (Å²) >= 11 is 1.68. The molecule has 2 aromatic heterocycles. The van der Waals surface area contributed by atoms with E-state index >= 15 is 0 Å². The first-order valence-corrected chi connectivity index (χ1v) is 12.0. The van der Waals surface area contributed by atoms with Gasteiger partial charge in [-0.05, 0) is 49.6 Å². The molecule has 0 bridgehead atoms. The second-order valence-corrected chi connectivity index (χ2v) is 9.65. The summed E-state index contributed by atoms with van der Waals surface area (Å²) in [5.41, 5.74) is 6.55. The van der Waals surface area contributed by atoms with E-state index in [0.717, 1.165) is 44.4 Å². The van der Waals surface area contributed by atoms with Crippen LogP contribution >= 0.6 is 11.3 Å². The van der Waals surface area contributed by atoms with Gasteiger partial charge < -0.3 is 4.74 Å². The van der Waals surface area contributed by atoms with Crippen LogP contribution in [0.4, 0.5) is 0 Å². The van der Waals surface area contributed by atoms with Gasteiger partial charge in [-0.25, -0.2) is 0 Å². The van der Waals surface area contributed by atoms with E-state index < -0.39 is 6.04 Å². The SMILES string of the molecule is COC(=O)C[C@@H]1N=C(c2ccc(-c3cccc(C#N)c3)cc2)c2c(sc(C)c2C)-n2c(C)nnc21. The Kier molecular flexibility index (Phi) is 5.79. The van der Waals surface area contributed by atoms with Crippen LogP contribution in [0.15, 0.2) is 53.5 Å². The third-order valence-corrected chi connectivity index (χ3v) is 7.50. The number of nitriles is 1. The molecule has 0 aliphatic carbocycles. The van der Waals surface area contributed by atoms with Crippen LogP contribution < -0.4 is 0 Å². The minimum absolute atomic E-state index is 0.0736. The Balaban J connectivity index is 1.67. The van der Waals surface area contributed by atoms with Gasteiger partial charge in [-0.1, -0.05) is 36.4 Å². The number of benzene rings is 2. The van der Waals surface area contributed by atoms with Crippen molar-refractivity contribution in [2.24, 2.45) is 4.99 Å². The van der Waals surface area contributed by atoms with Crippen molar-refractivity contribution in [3.63, 3.8) is 0 Å². The fourth-order valence-corrected chi connectivity index (χ4v) is 5.57. The predicted octanol–water partition coefficient (Wildman–Crippen LogP) is 5.25. The number of esters is 1. The second kappa shape index (κ2) is 8.93. The summed E-state index contributed by atoms with van der Waals surface area (Å²) in [7, 11) is 1.38. The number of rotatable bonds is 4. The minimum atomic E-state index is -0.523. The quantitative estimate of drug-likeness (QED) is 0.371. The topological polar surface area (TPSA) is 93.2 Å². The molecule has 0 spiro atoms. The summed E-state index contributed by atoms with van der Waals surface area (Å²) in [6.45, 7) is 6.11. The van der Waals surface area contributed by atoms with Crippen molar-refractivity contribution in [2.75, 3.05) is 7.11 Å². The van der Waals surface area contributed by atoms with Gasteiger partial charge in [0.05, 0.1) is 30.9 Å². The van der Waals surface area contributed by atoms with Crippen LogP contribution in [0.2, 0.25) is 0 Å². The Bertz CT molecular complexity index is 1520. The van der Waals surface area contributed by atoms with Gasteiger partial charge >= 0.3 is 5.97 Å². The normalized spacial score (nSPS) is 14.4. The van der Waals surface area contributed by atoms with Crippen molar-refractivity contribution in [1.29, 1.82) is 5.26 Å². The number of ether oxygens (including phenoxy) is 1. The number of methoxy groups -OCH3 is 1. The number of thiophene rings is 1. The number of aliphatic imine (C=N–C) groups is 1. The van der Waals surface area contributed by atoms with E-state index in [4.69, 9.17) is 9.73 Å². The highest BCUT2D eigenvalue weighted by Gasteiger charge is 2.32. The first-order valence-electron chi connectivity index (χ1n) is 11.2. The lowest BCUT2D eigenvalue weighted by Crippen LogP contribution is -2.12. The molecule has 1 aliphatic heterocycles. The van der Waals surface area contributed by atoms with Crippen LogP contribution in [-0.4, -0.2) is 33.6 Å². The van der Waals surface area contributed by atoms with Gasteiger partial charge in [-0.2, -0.15) is 5.26 Å². The first-order chi connectivity index (χ1) is 16.9. The van der Waals surface area contributed by atoms with Crippen LogP contribution in [0, 0.1) is 32.1 Å². The maximum atomic E-state index is 12.3. The Morgan fingerprint density at radius 1 is 1.09 bits per heavy atom. The smallest absolute Gasteiger partial charge is 0.308 e. The fourth-order valence-electron chi connectivity index (χ4n) is 4.35. The molecule has 0 N–H and O–H groups in total. The first kappa shape index (κ1) is 22.7. The zero-order valence-corrected chi connectivity index (χ0v) is 20.7. The van der Waals surface area contributed by atoms with Crippen molar-refractivity contribution < 1.29 is 9.53 Å². The van der Waals surface area contributed by atoms with Gasteiger partial charge in [0.2, 0.25) is 0 Å². The highest BCUT2D eigenvalue weighted by Crippen LogP contribution is 2.39. The monoisotopic (exact) mass is 481 g/mol. The molecule has 3 heterocycles. The van der Waals surface area contributed by atoms with Crippen LogP contribution in [0.5, 0.6) is 0 Å². The third kappa shape index (κ3) is 3.94. The Morgan fingerprint density at radius 3 is 2.54 bits per heavy atom. The molecule has 0 radical (unpaired) electrons. The summed E-state index contributed by atoms with van der Waals surface area (Å²) in [5, 5.41) is 18.9. The molecule has 0 amide bonds. The van der Waals surface area contributed by atoms with Crippen molar-refractivity contribution in [1.82, 2.24) is 14.8 Å². The van der Waals surface area contributed by atoms with Crippen LogP contribution in [0.1, 0.15) is 51.2 Å². The van der Waals surface area contributed by atoms with E-state index in [-0.39, 0.29) is 12.4 Å². The summed E-state index contributed by atoms with van der Waals surface area (Å²) < 4.78 is 6.98. The fraction of sp³-hybridized carbons (Fsp3) is 0.222. The molecule has 0 saturated carbocycles. The number of carbonyl (C=O) groups is 1. The van der Waals surface area contributed by atoms with E-state index in [1.54, 1.807) is 17.4 Å². The second-order valence-electron chi connectivity index (χ2n) is 8.45. The van der Waals surface area contributed by atoms with Gasteiger partial charge in [0.1, 0.15) is 16.9 Å². The van der Waals surface area contributed by atoms with Crippen molar-refractivity contribution in [3.8, 4) is 22.2 Å². The van der Waals surface area contributed by atoms with Gasteiger partial charge in [0, 0.05) is 16.0 Å². The Morgan fingerprint density at radius 2 is 1.83 bits per heavy atom. The molecule has 1 aliphatic rings. The number of carbonyl (C=O) groups excluding carboxylic acids is 1. The molecule has 1 atom stereocenters. The molecule has 0 unspecified atom stereocenters. The molecule has 174 valence electrons. The van der Waals surface area contributed by atoms with Gasteiger partial charge in [0.15, 0.2) is 5.82 Å². The molecule has 4 aromatic rings. The molecule has 8 heteroatoms.